The zero-order chi connectivity index (χ0) is 16.8. The van der Waals surface area contributed by atoms with Gasteiger partial charge in [-0.05, 0) is 43.0 Å². The Labute approximate surface area is 142 Å². The summed E-state index contributed by atoms with van der Waals surface area (Å²) in [5.74, 6) is 0.634. The second-order valence-electron chi connectivity index (χ2n) is 5.95. The molecule has 5 heteroatoms. The van der Waals surface area contributed by atoms with Crippen LogP contribution in [0.4, 0.5) is 5.95 Å². The highest BCUT2D eigenvalue weighted by Gasteiger charge is 2.14. The lowest BCUT2D eigenvalue weighted by atomic mass is 10.1. The van der Waals surface area contributed by atoms with Crippen LogP contribution < -0.4 is 10.2 Å². The van der Waals surface area contributed by atoms with Crippen LogP contribution >= 0.6 is 0 Å². The molecule has 1 aromatic heterocycles. The lowest BCUT2D eigenvalue weighted by molar-refractivity contribution is -0.116. The van der Waals surface area contributed by atoms with Crippen molar-refractivity contribution in [3.8, 4) is 0 Å². The first kappa shape index (κ1) is 16.2. The zero-order valence-corrected chi connectivity index (χ0v) is 13.9. The van der Waals surface area contributed by atoms with Crippen molar-refractivity contribution in [3.63, 3.8) is 0 Å². The Bertz CT molecular complexity index is 736. The number of anilines is 1. The molecule has 1 aliphatic rings. The first-order valence-electron chi connectivity index (χ1n) is 8.31. The Kier molecular flexibility index (Phi) is 5.21. The summed E-state index contributed by atoms with van der Waals surface area (Å²) >= 11 is 0. The number of rotatable bonds is 5. The van der Waals surface area contributed by atoms with Crippen LogP contribution in [-0.2, 0) is 11.3 Å². The molecule has 124 valence electrons. The number of hydrogen-bond donors (Lipinski definition) is 1. The van der Waals surface area contributed by atoms with Crippen LogP contribution in [0, 0.1) is 6.92 Å². The Hall–Kier alpha value is -2.69. The lowest BCUT2D eigenvalue weighted by Crippen LogP contribution is -2.23. The highest BCUT2D eigenvalue weighted by molar-refractivity contribution is 5.91. The smallest absolute Gasteiger partial charge is 0.244 e. The normalized spacial score (nSPS) is 14.3. The van der Waals surface area contributed by atoms with Crippen LogP contribution in [-0.4, -0.2) is 29.0 Å². The second-order valence-corrected chi connectivity index (χ2v) is 5.95. The predicted octanol–water partition coefficient (Wildman–Crippen LogP) is 2.71. The number of amides is 1. The molecule has 3 rings (SSSR count). The number of benzene rings is 1. The second kappa shape index (κ2) is 7.73. The Morgan fingerprint density at radius 1 is 1.25 bits per heavy atom. The van der Waals surface area contributed by atoms with Gasteiger partial charge in [-0.3, -0.25) is 4.79 Å². The molecule has 1 aromatic carbocycles. The molecule has 2 heterocycles. The highest BCUT2D eigenvalue weighted by atomic mass is 16.1. The van der Waals surface area contributed by atoms with E-state index in [1.54, 1.807) is 12.3 Å². The maximum atomic E-state index is 12.0. The molecule has 1 fully saturated rings. The van der Waals surface area contributed by atoms with Crippen molar-refractivity contribution in [1.82, 2.24) is 15.3 Å². The average Bonchev–Trinajstić information content (AvgIpc) is 3.14. The molecule has 0 bridgehead atoms. The van der Waals surface area contributed by atoms with E-state index in [-0.39, 0.29) is 5.91 Å². The third-order valence-corrected chi connectivity index (χ3v) is 4.14. The van der Waals surface area contributed by atoms with Gasteiger partial charge in [-0.25, -0.2) is 9.97 Å². The van der Waals surface area contributed by atoms with E-state index in [0.29, 0.717) is 6.54 Å². The van der Waals surface area contributed by atoms with E-state index in [0.717, 1.165) is 35.9 Å². The van der Waals surface area contributed by atoms with Crippen LogP contribution in [0.1, 0.15) is 29.7 Å². The molecule has 24 heavy (non-hydrogen) atoms. The molecule has 0 saturated carbocycles. The molecule has 1 amide bonds. The molecule has 0 spiro atoms. The summed E-state index contributed by atoms with van der Waals surface area (Å²) in [6.07, 6.45) is 7.53. The predicted molar refractivity (Wildman–Crippen MR) is 95.5 cm³/mol. The van der Waals surface area contributed by atoms with Crippen LogP contribution in [0.3, 0.4) is 0 Å². The van der Waals surface area contributed by atoms with Gasteiger partial charge in [-0.15, -0.1) is 0 Å². The number of aromatic nitrogens is 2. The molecule has 1 aliphatic heterocycles. The first-order valence-corrected chi connectivity index (χ1v) is 8.31. The Balaban J connectivity index is 1.56. The fraction of sp³-hybridized carbons (Fsp3) is 0.316. The van der Waals surface area contributed by atoms with Crippen LogP contribution in [0.15, 0.2) is 42.6 Å². The summed E-state index contributed by atoms with van der Waals surface area (Å²) in [7, 11) is 0. The van der Waals surface area contributed by atoms with Gasteiger partial charge in [0.2, 0.25) is 11.9 Å². The van der Waals surface area contributed by atoms with Crippen LogP contribution in [0.25, 0.3) is 6.08 Å². The number of nitrogens with zero attached hydrogens (tertiary/aromatic N) is 3. The van der Waals surface area contributed by atoms with Crippen molar-refractivity contribution < 1.29 is 4.79 Å². The van der Waals surface area contributed by atoms with Crippen molar-refractivity contribution in [3.05, 3.63) is 59.4 Å². The minimum absolute atomic E-state index is 0.125. The van der Waals surface area contributed by atoms with Gasteiger partial charge in [-0.1, -0.05) is 24.3 Å². The monoisotopic (exact) mass is 322 g/mol. The topological polar surface area (TPSA) is 58.1 Å². The summed E-state index contributed by atoms with van der Waals surface area (Å²) in [4.78, 5) is 23.0. The van der Waals surface area contributed by atoms with Gasteiger partial charge >= 0.3 is 0 Å². The fourth-order valence-electron chi connectivity index (χ4n) is 2.73. The quantitative estimate of drug-likeness (QED) is 0.860. The summed E-state index contributed by atoms with van der Waals surface area (Å²) in [6.45, 7) is 4.45. The molecule has 0 atom stereocenters. The molecule has 5 nitrogen and oxygen atoms in total. The summed E-state index contributed by atoms with van der Waals surface area (Å²) in [5.41, 5.74) is 3.02. The van der Waals surface area contributed by atoms with E-state index in [1.807, 2.05) is 43.3 Å². The minimum Gasteiger partial charge on any atom is -0.347 e. The van der Waals surface area contributed by atoms with Gasteiger partial charge in [0.25, 0.3) is 0 Å². The van der Waals surface area contributed by atoms with Crippen LogP contribution in [0.2, 0.25) is 0 Å². The molecule has 1 N–H and O–H groups in total. The Morgan fingerprint density at radius 2 is 2.04 bits per heavy atom. The molecule has 2 aromatic rings. The van der Waals surface area contributed by atoms with Crippen molar-refractivity contribution in [2.24, 2.45) is 0 Å². The van der Waals surface area contributed by atoms with E-state index in [1.165, 1.54) is 12.8 Å². The van der Waals surface area contributed by atoms with Gasteiger partial charge in [0, 0.05) is 25.4 Å². The van der Waals surface area contributed by atoms with E-state index in [2.05, 4.69) is 20.2 Å². The van der Waals surface area contributed by atoms with Gasteiger partial charge in [0.15, 0.2) is 0 Å². The van der Waals surface area contributed by atoms with Crippen molar-refractivity contribution in [2.45, 2.75) is 26.3 Å². The number of nitrogens with one attached hydrogen (secondary N) is 1. The number of aryl methyl sites for hydroxylation is 1. The zero-order valence-electron chi connectivity index (χ0n) is 13.9. The van der Waals surface area contributed by atoms with Gasteiger partial charge in [0.1, 0.15) is 0 Å². The molecular formula is C19H22N4O. The SMILES string of the molecule is Cc1ccccc1/C=C/C(=O)NCc1ccnc(N2CCCC2)n1. The Morgan fingerprint density at radius 3 is 2.83 bits per heavy atom. The van der Waals surface area contributed by atoms with Crippen LogP contribution in [0.5, 0.6) is 0 Å². The number of carbonyl (C=O) groups excluding carboxylic acids is 1. The van der Waals surface area contributed by atoms with Gasteiger partial charge in [0.05, 0.1) is 12.2 Å². The molecular weight excluding hydrogens is 300 g/mol. The maximum absolute atomic E-state index is 12.0. The molecule has 1 saturated heterocycles. The van der Waals surface area contributed by atoms with E-state index in [9.17, 15) is 4.79 Å². The first-order chi connectivity index (χ1) is 11.7. The summed E-state index contributed by atoms with van der Waals surface area (Å²) < 4.78 is 0. The molecule has 0 unspecified atom stereocenters. The number of carbonyl (C=O) groups is 1. The summed E-state index contributed by atoms with van der Waals surface area (Å²) in [6, 6.07) is 9.81. The third-order valence-electron chi connectivity index (χ3n) is 4.14. The van der Waals surface area contributed by atoms with Gasteiger partial charge in [-0.2, -0.15) is 0 Å². The third kappa shape index (κ3) is 4.19. The molecule has 0 aliphatic carbocycles. The summed E-state index contributed by atoms with van der Waals surface area (Å²) in [5, 5.41) is 2.87. The maximum Gasteiger partial charge on any atom is 0.244 e. The van der Waals surface area contributed by atoms with E-state index in [4.69, 9.17) is 0 Å². The largest absolute Gasteiger partial charge is 0.347 e. The average molecular weight is 322 g/mol. The molecule has 0 radical (unpaired) electrons. The number of hydrogen-bond acceptors (Lipinski definition) is 4. The van der Waals surface area contributed by atoms with Crippen molar-refractivity contribution >= 4 is 17.9 Å². The van der Waals surface area contributed by atoms with Crippen molar-refractivity contribution in [1.29, 1.82) is 0 Å². The highest BCUT2D eigenvalue weighted by Crippen LogP contribution is 2.15. The fourth-order valence-corrected chi connectivity index (χ4v) is 2.73. The van der Waals surface area contributed by atoms with E-state index >= 15 is 0 Å². The van der Waals surface area contributed by atoms with E-state index < -0.39 is 0 Å². The standard InChI is InChI=1S/C19H22N4O/c1-15-6-2-3-7-16(15)8-9-18(24)21-14-17-10-11-20-19(22-17)23-12-4-5-13-23/h2-3,6-11H,4-5,12-14H2,1H3,(H,21,24)/b9-8+. The lowest BCUT2D eigenvalue weighted by Gasteiger charge is -2.15. The van der Waals surface area contributed by atoms with Crippen molar-refractivity contribution in [2.75, 3.05) is 18.0 Å². The minimum atomic E-state index is -0.125. The van der Waals surface area contributed by atoms with Gasteiger partial charge < -0.3 is 10.2 Å².